The summed E-state index contributed by atoms with van der Waals surface area (Å²) in [7, 11) is 9.28. The molecule has 138 heavy (non-hydrogen) atoms. The first-order valence-electron chi connectivity index (χ1n) is 41.5. The molecular formula is C104H90Cl2F2Ir4N26. The Bertz CT molecular complexity index is 6200. The van der Waals surface area contributed by atoms with E-state index in [0.717, 1.165) is 171 Å². The van der Waals surface area contributed by atoms with Gasteiger partial charge in [-0.3, -0.25) is 46.2 Å². The molecule has 4 aromatic carbocycles. The molecule has 0 N–H and O–H groups in total. The van der Waals surface area contributed by atoms with Crippen molar-refractivity contribution in [1.29, 1.82) is 10.5 Å². The van der Waals surface area contributed by atoms with Crippen LogP contribution in [0.4, 0.5) is 8.78 Å². The molecule has 0 unspecified atom stereocenters. The minimum absolute atomic E-state index is 0. The van der Waals surface area contributed by atoms with Gasteiger partial charge in [0.2, 0.25) is 0 Å². The Morgan fingerprint density at radius 3 is 0.725 bits per heavy atom. The van der Waals surface area contributed by atoms with E-state index < -0.39 is 11.6 Å². The second-order valence-electron chi connectivity index (χ2n) is 29.1. The summed E-state index contributed by atoms with van der Waals surface area (Å²) in [5.74, 6) is -1.29. The molecule has 0 aliphatic heterocycles. The van der Waals surface area contributed by atoms with Crippen LogP contribution in [0, 0.1) is 181 Å². The van der Waals surface area contributed by atoms with Crippen molar-refractivity contribution >= 4 is 19.2 Å². The van der Waals surface area contributed by atoms with Crippen LogP contribution in [-0.2, 0) is 76.0 Å². The first-order valence-corrected chi connectivity index (χ1v) is 47.4. The molecule has 700 valence electrons. The van der Waals surface area contributed by atoms with E-state index in [1.165, 1.54) is 35.8 Å². The zero-order valence-electron chi connectivity index (χ0n) is 77.2. The van der Waals surface area contributed by atoms with Crippen molar-refractivity contribution in [3.8, 4) is 90.5 Å². The molecule has 20 aromatic rings. The SMILES string of the molecule is Cc1ccn(-c2[c-]c(-n3ccc(C)n3)c(C)nc2C)n1.Cc1ccn(-c2[c-]c(-n3ccc(C)n3)c(C)nc2C)n1.Cc1ccn(-c2[c-]c(-n3ccc(C)n3)c(C)nc2C)n1.Cc1ccn(-c2[c-]c(-n3ccc(C)n3)cnc2)n1.Fc1c[c-]c(-c2ccccn2)c(F)c1.[C-]#N.[C-]#N.[Cl][Ir+2].[Cl][Ir+2].[Ir+3].[Ir+3].[c-]1ccccc1-c1ccccn1.[c-]1ccccc1-c1ccccn1.[c-]1ccccc1-c1ccccn1. The van der Waals surface area contributed by atoms with Gasteiger partial charge in [0.25, 0.3) is 0 Å². The van der Waals surface area contributed by atoms with E-state index in [1.807, 2.05) is 322 Å². The van der Waals surface area contributed by atoms with Crippen LogP contribution < -0.4 is 0 Å². The van der Waals surface area contributed by atoms with Crippen molar-refractivity contribution in [1.82, 2.24) is 118 Å². The molecule has 0 saturated carbocycles. The molecule has 0 fully saturated rings. The van der Waals surface area contributed by atoms with Gasteiger partial charge >= 0.3 is 95.2 Å². The third kappa shape index (κ3) is 32.8. The van der Waals surface area contributed by atoms with Gasteiger partial charge in [-0.05, 0) is 231 Å². The Morgan fingerprint density at radius 1 is 0.290 bits per heavy atom. The van der Waals surface area contributed by atoms with Gasteiger partial charge in [0, 0.05) is 86.0 Å². The van der Waals surface area contributed by atoms with E-state index in [0.29, 0.717) is 5.69 Å². The Labute approximate surface area is 858 Å². The van der Waals surface area contributed by atoms with Crippen molar-refractivity contribution < 1.29 is 84.8 Å². The molecule has 0 atom stereocenters. The summed E-state index contributed by atoms with van der Waals surface area (Å²) in [6.45, 7) is 37.0. The van der Waals surface area contributed by atoms with E-state index in [9.17, 15) is 8.78 Å². The van der Waals surface area contributed by atoms with Crippen molar-refractivity contribution in [2.24, 2.45) is 0 Å². The largest absolute Gasteiger partial charge is 3.00 e. The van der Waals surface area contributed by atoms with Crippen LogP contribution >= 0.6 is 19.2 Å². The van der Waals surface area contributed by atoms with E-state index in [1.54, 1.807) is 92.8 Å². The molecule has 0 aliphatic carbocycles. The predicted molar refractivity (Wildman–Crippen MR) is 511 cm³/mol. The number of hydrogen-bond donors (Lipinski definition) is 0. The zero-order chi connectivity index (χ0) is 98.0. The first-order chi connectivity index (χ1) is 66.0. The average molecular weight is 2580 g/mol. The number of nitrogens with zero attached hydrogens (tertiary/aromatic N) is 26. The minimum Gasteiger partial charge on any atom is -0.305 e. The fourth-order valence-electron chi connectivity index (χ4n) is 12.6. The van der Waals surface area contributed by atoms with Gasteiger partial charge in [-0.1, -0.05) is 114 Å². The van der Waals surface area contributed by atoms with E-state index in [2.05, 4.69) is 148 Å². The van der Waals surface area contributed by atoms with E-state index in [4.69, 9.17) is 23.7 Å². The van der Waals surface area contributed by atoms with Crippen LogP contribution in [0.2, 0.25) is 0 Å². The van der Waals surface area contributed by atoms with Crippen LogP contribution in [0.5, 0.6) is 0 Å². The number of aromatic nitrogens is 24. The Hall–Kier alpha value is -14.2. The molecule has 0 amide bonds. The van der Waals surface area contributed by atoms with Gasteiger partial charge in [0.05, 0.1) is 45.6 Å². The smallest absolute Gasteiger partial charge is 0.305 e. The number of hydrogen-bond acceptors (Lipinski definition) is 18. The van der Waals surface area contributed by atoms with Crippen LogP contribution in [-0.4, -0.2) is 118 Å². The quantitative estimate of drug-likeness (QED) is 0.103. The van der Waals surface area contributed by atoms with Crippen molar-refractivity contribution in [3.63, 3.8) is 0 Å². The van der Waals surface area contributed by atoms with Crippen LogP contribution in [0.15, 0.2) is 293 Å². The molecule has 16 heterocycles. The molecule has 16 aromatic heterocycles. The van der Waals surface area contributed by atoms with Crippen LogP contribution in [0.25, 0.3) is 90.5 Å². The second kappa shape index (κ2) is 57.6. The molecule has 0 radical (unpaired) electrons. The van der Waals surface area contributed by atoms with Gasteiger partial charge < -0.3 is 63.5 Å². The maximum Gasteiger partial charge on any atom is 3.00 e. The summed E-state index contributed by atoms with van der Waals surface area (Å²) < 4.78 is 40.1. The molecule has 20 rings (SSSR count). The van der Waals surface area contributed by atoms with Crippen LogP contribution in [0.3, 0.4) is 0 Å². The zero-order valence-corrected chi connectivity index (χ0v) is 88.3. The monoisotopic (exact) mass is 2580 g/mol. The van der Waals surface area contributed by atoms with Crippen molar-refractivity contribution in [2.45, 2.75) is 96.9 Å². The Morgan fingerprint density at radius 2 is 0.522 bits per heavy atom. The summed E-state index contributed by atoms with van der Waals surface area (Å²) in [5.41, 5.74) is 26.5. The number of aryl methyl sites for hydroxylation is 14. The number of pyridine rings is 8. The van der Waals surface area contributed by atoms with Crippen LogP contribution in [0.1, 0.15) is 79.7 Å². The summed E-state index contributed by atoms with van der Waals surface area (Å²) in [6, 6.07) is 89.0. The summed E-state index contributed by atoms with van der Waals surface area (Å²) >= 11 is 2.94. The summed E-state index contributed by atoms with van der Waals surface area (Å²) in [5, 5.41) is 47.7. The number of halogens is 4. The minimum atomic E-state index is -0.649. The molecule has 0 bridgehead atoms. The van der Waals surface area contributed by atoms with Crippen molar-refractivity contribution in [2.75, 3.05) is 0 Å². The fourth-order valence-corrected chi connectivity index (χ4v) is 12.6. The third-order valence-corrected chi connectivity index (χ3v) is 18.8. The fraction of sp³-hybridized carbons (Fsp3) is 0.135. The van der Waals surface area contributed by atoms with E-state index in [-0.39, 0.29) is 45.8 Å². The molecule has 26 nitrogen and oxygen atoms in total. The number of benzene rings is 4. The molecular weight excluding hydrogens is 2490 g/mol. The normalized spacial score (nSPS) is 9.86. The molecule has 0 aliphatic rings. The van der Waals surface area contributed by atoms with Gasteiger partial charge in [0.15, 0.2) is 0 Å². The summed E-state index contributed by atoms with van der Waals surface area (Å²) in [6.07, 6.45) is 25.7. The maximum atomic E-state index is 13.2. The molecule has 0 spiro atoms. The van der Waals surface area contributed by atoms with Gasteiger partial charge in [-0.15, -0.1) is 144 Å². The van der Waals surface area contributed by atoms with Gasteiger partial charge in [0.1, 0.15) is 0 Å². The predicted octanol–water partition coefficient (Wildman–Crippen LogP) is 21.4. The molecule has 34 heteroatoms. The second-order valence-corrected chi connectivity index (χ2v) is 29.1. The Kier molecular flexibility index (Phi) is 46.2. The van der Waals surface area contributed by atoms with E-state index >= 15 is 0 Å². The third-order valence-electron chi connectivity index (χ3n) is 18.8. The van der Waals surface area contributed by atoms with Gasteiger partial charge in [-0.25, -0.2) is 0 Å². The maximum absolute atomic E-state index is 13.2. The topological polar surface area (TPSA) is 293 Å². The average Bonchev–Trinajstić information content (AvgIpc) is 1.63. The molecule has 0 saturated heterocycles. The number of rotatable bonds is 12. The standard InChI is InChI=1S/3C15H16N5.C13H12N5.C11H6F2N.3C11H8N.2CN.2ClH.4Ir/c3*1-10-5-7-19(17-10)14-9-15(13(4)16-12(14)3)20-8-6-11(2)18-20;1-10-3-5-17(15-10)12-7-13(9-14-8-12)18-6-4-11(2)16-18;12-8-4-5-9(10(13)7-8)11-3-1-2-6-14-11;3*1-2-6-10(7-3-1)11-8-4-5-9-12-11;2*1-2;;;;;;/h3*5-8H,1-4H3;3-6,8-9H,1-2H3;1-4,6-7H;3*1-6,8-9H;;;2*1H;;;;/q10*-1;;;4*+3/p-2. The Balaban J connectivity index is 0.000000213. The van der Waals surface area contributed by atoms with Crippen molar-refractivity contribution in [3.05, 3.63) is 446 Å². The first kappa shape index (κ1) is 111. The van der Waals surface area contributed by atoms with Gasteiger partial charge in [-0.2, -0.15) is 40.8 Å². The summed E-state index contributed by atoms with van der Waals surface area (Å²) in [4.78, 5) is 34.6.